The summed E-state index contributed by atoms with van der Waals surface area (Å²) in [5, 5.41) is 4.77. The van der Waals surface area contributed by atoms with Crippen molar-refractivity contribution in [2.24, 2.45) is 0 Å². The van der Waals surface area contributed by atoms with Crippen LogP contribution < -0.4 is 10.0 Å². The van der Waals surface area contributed by atoms with Crippen LogP contribution in [0.3, 0.4) is 0 Å². The standard InChI is InChI=1S/C20H20N2O3S2/c1-14-5-3-7-19(15(14)2)22-27(24,25)18-10-8-16(9-11-18)20(23)21-13-17-6-4-12-26-17/h3-12,22H,13H2,1-2H3,(H,21,23). The van der Waals surface area contributed by atoms with Gasteiger partial charge in [0.15, 0.2) is 0 Å². The van der Waals surface area contributed by atoms with E-state index in [1.54, 1.807) is 23.5 Å². The van der Waals surface area contributed by atoms with Gasteiger partial charge in [0.1, 0.15) is 0 Å². The van der Waals surface area contributed by atoms with Crippen molar-refractivity contribution in [3.63, 3.8) is 0 Å². The van der Waals surface area contributed by atoms with Gasteiger partial charge in [0.2, 0.25) is 0 Å². The molecule has 0 fully saturated rings. The fraction of sp³-hybridized carbons (Fsp3) is 0.150. The molecule has 0 aliphatic rings. The average Bonchev–Trinajstić information content (AvgIpc) is 3.17. The maximum absolute atomic E-state index is 12.6. The second-order valence-corrected chi connectivity index (χ2v) is 8.85. The summed E-state index contributed by atoms with van der Waals surface area (Å²) in [7, 11) is -3.72. The Kier molecular flexibility index (Phi) is 5.62. The molecule has 0 atom stereocenters. The topological polar surface area (TPSA) is 75.3 Å². The number of anilines is 1. The first-order valence-electron chi connectivity index (χ1n) is 8.36. The summed E-state index contributed by atoms with van der Waals surface area (Å²) in [4.78, 5) is 13.4. The highest BCUT2D eigenvalue weighted by Crippen LogP contribution is 2.22. The summed E-state index contributed by atoms with van der Waals surface area (Å²) in [6, 6.07) is 15.2. The molecule has 0 aliphatic carbocycles. The maximum Gasteiger partial charge on any atom is 0.261 e. The van der Waals surface area contributed by atoms with Gasteiger partial charge >= 0.3 is 0 Å². The van der Waals surface area contributed by atoms with Crippen molar-refractivity contribution >= 4 is 33.0 Å². The SMILES string of the molecule is Cc1cccc(NS(=O)(=O)c2ccc(C(=O)NCc3cccs3)cc2)c1C. The molecule has 0 saturated carbocycles. The molecule has 2 aromatic carbocycles. The lowest BCUT2D eigenvalue weighted by atomic mass is 10.1. The van der Waals surface area contributed by atoms with Gasteiger partial charge in [0.25, 0.3) is 15.9 Å². The molecule has 1 aromatic heterocycles. The van der Waals surface area contributed by atoms with Gasteiger partial charge in [-0.3, -0.25) is 9.52 Å². The Morgan fingerprint density at radius 3 is 2.41 bits per heavy atom. The van der Waals surface area contributed by atoms with Crippen molar-refractivity contribution in [2.75, 3.05) is 4.72 Å². The van der Waals surface area contributed by atoms with Crippen LogP contribution in [0, 0.1) is 13.8 Å². The highest BCUT2D eigenvalue weighted by Gasteiger charge is 2.16. The Morgan fingerprint density at radius 2 is 1.74 bits per heavy atom. The highest BCUT2D eigenvalue weighted by atomic mass is 32.2. The quantitative estimate of drug-likeness (QED) is 0.654. The molecule has 1 heterocycles. The molecular weight excluding hydrogens is 380 g/mol. The van der Waals surface area contributed by atoms with Gasteiger partial charge in [-0.1, -0.05) is 18.2 Å². The third kappa shape index (κ3) is 4.56. The first-order chi connectivity index (χ1) is 12.9. The summed E-state index contributed by atoms with van der Waals surface area (Å²) in [6.45, 7) is 4.25. The molecule has 0 unspecified atom stereocenters. The summed E-state index contributed by atoms with van der Waals surface area (Å²) >= 11 is 1.57. The third-order valence-corrected chi connectivity index (χ3v) is 6.54. The summed E-state index contributed by atoms with van der Waals surface area (Å²) in [5.41, 5.74) is 2.85. The van der Waals surface area contributed by atoms with Gasteiger partial charge in [0, 0.05) is 10.4 Å². The van der Waals surface area contributed by atoms with E-state index in [9.17, 15) is 13.2 Å². The van der Waals surface area contributed by atoms with E-state index in [2.05, 4.69) is 10.0 Å². The lowest BCUT2D eigenvalue weighted by Gasteiger charge is -2.12. The highest BCUT2D eigenvalue weighted by molar-refractivity contribution is 7.92. The monoisotopic (exact) mass is 400 g/mol. The zero-order chi connectivity index (χ0) is 19.4. The molecule has 0 saturated heterocycles. The third-order valence-electron chi connectivity index (χ3n) is 4.28. The van der Waals surface area contributed by atoms with Crippen LogP contribution in [0.5, 0.6) is 0 Å². The number of nitrogens with one attached hydrogen (secondary N) is 2. The number of aryl methyl sites for hydroxylation is 1. The van der Waals surface area contributed by atoms with E-state index in [1.165, 1.54) is 24.3 Å². The Labute approximate surface area is 163 Å². The van der Waals surface area contributed by atoms with Crippen LogP contribution in [0.25, 0.3) is 0 Å². The van der Waals surface area contributed by atoms with Crippen LogP contribution in [0.4, 0.5) is 5.69 Å². The number of thiophene rings is 1. The minimum Gasteiger partial charge on any atom is -0.347 e. The van der Waals surface area contributed by atoms with Crippen molar-refractivity contribution in [3.05, 3.63) is 81.5 Å². The Bertz CT molecular complexity index is 1040. The smallest absolute Gasteiger partial charge is 0.261 e. The van der Waals surface area contributed by atoms with E-state index in [4.69, 9.17) is 0 Å². The van der Waals surface area contributed by atoms with E-state index < -0.39 is 10.0 Å². The van der Waals surface area contributed by atoms with Crippen LogP contribution in [-0.2, 0) is 16.6 Å². The number of amides is 1. The molecule has 0 aliphatic heterocycles. The number of carbonyl (C=O) groups is 1. The van der Waals surface area contributed by atoms with Crippen molar-refractivity contribution in [3.8, 4) is 0 Å². The largest absolute Gasteiger partial charge is 0.347 e. The average molecular weight is 401 g/mol. The zero-order valence-electron chi connectivity index (χ0n) is 15.0. The van der Waals surface area contributed by atoms with E-state index in [0.717, 1.165) is 16.0 Å². The van der Waals surface area contributed by atoms with E-state index in [1.807, 2.05) is 37.4 Å². The first-order valence-corrected chi connectivity index (χ1v) is 10.7. The Hall–Kier alpha value is -2.64. The zero-order valence-corrected chi connectivity index (χ0v) is 16.7. The first kappa shape index (κ1) is 19.1. The number of benzene rings is 2. The molecular formula is C20H20N2O3S2. The lowest BCUT2D eigenvalue weighted by molar-refractivity contribution is 0.0951. The maximum atomic E-state index is 12.6. The van der Waals surface area contributed by atoms with Gasteiger partial charge < -0.3 is 5.32 Å². The summed E-state index contributed by atoms with van der Waals surface area (Å²) < 4.78 is 27.8. The van der Waals surface area contributed by atoms with Gasteiger partial charge in [-0.2, -0.15) is 0 Å². The van der Waals surface area contributed by atoms with Crippen molar-refractivity contribution in [2.45, 2.75) is 25.3 Å². The van der Waals surface area contributed by atoms with Crippen molar-refractivity contribution in [1.82, 2.24) is 5.32 Å². The minimum atomic E-state index is -3.72. The van der Waals surface area contributed by atoms with Crippen LogP contribution in [-0.4, -0.2) is 14.3 Å². The molecule has 3 aromatic rings. The molecule has 2 N–H and O–H groups in total. The lowest BCUT2D eigenvalue weighted by Crippen LogP contribution is -2.22. The summed E-state index contributed by atoms with van der Waals surface area (Å²) in [5.74, 6) is -0.241. The molecule has 0 bridgehead atoms. The van der Waals surface area contributed by atoms with Gasteiger partial charge in [-0.25, -0.2) is 8.42 Å². The minimum absolute atomic E-state index is 0.109. The van der Waals surface area contributed by atoms with Gasteiger partial charge in [-0.05, 0) is 66.8 Å². The van der Waals surface area contributed by atoms with Crippen LogP contribution in [0.15, 0.2) is 64.9 Å². The van der Waals surface area contributed by atoms with Crippen molar-refractivity contribution in [1.29, 1.82) is 0 Å². The molecule has 7 heteroatoms. The van der Waals surface area contributed by atoms with Crippen molar-refractivity contribution < 1.29 is 13.2 Å². The van der Waals surface area contributed by atoms with E-state index in [-0.39, 0.29) is 10.8 Å². The molecule has 1 amide bonds. The fourth-order valence-electron chi connectivity index (χ4n) is 2.53. The molecule has 5 nitrogen and oxygen atoms in total. The number of carbonyl (C=O) groups excluding carboxylic acids is 1. The molecule has 0 radical (unpaired) electrons. The van der Waals surface area contributed by atoms with E-state index >= 15 is 0 Å². The van der Waals surface area contributed by atoms with Gasteiger partial charge in [-0.15, -0.1) is 11.3 Å². The molecule has 27 heavy (non-hydrogen) atoms. The van der Waals surface area contributed by atoms with E-state index in [0.29, 0.717) is 17.8 Å². The second kappa shape index (κ2) is 7.94. The summed E-state index contributed by atoms with van der Waals surface area (Å²) in [6.07, 6.45) is 0. The normalized spacial score (nSPS) is 11.2. The fourth-order valence-corrected chi connectivity index (χ4v) is 4.30. The van der Waals surface area contributed by atoms with Crippen LogP contribution in [0.2, 0.25) is 0 Å². The Balaban J connectivity index is 1.71. The molecule has 140 valence electrons. The number of rotatable bonds is 6. The Morgan fingerprint density at radius 1 is 1.00 bits per heavy atom. The number of hydrogen-bond donors (Lipinski definition) is 2. The van der Waals surface area contributed by atoms with Crippen LogP contribution in [0.1, 0.15) is 26.4 Å². The predicted octanol–water partition coefficient (Wildman–Crippen LogP) is 4.10. The van der Waals surface area contributed by atoms with Gasteiger partial charge in [0.05, 0.1) is 17.1 Å². The second-order valence-electron chi connectivity index (χ2n) is 6.14. The number of hydrogen-bond acceptors (Lipinski definition) is 4. The molecule has 0 spiro atoms. The van der Waals surface area contributed by atoms with Crippen LogP contribution >= 0.6 is 11.3 Å². The molecule has 3 rings (SSSR count). The predicted molar refractivity (Wildman–Crippen MR) is 109 cm³/mol. The number of sulfonamides is 1.